The molecule has 0 unspecified atom stereocenters. The van der Waals surface area contributed by atoms with Crippen molar-refractivity contribution in [2.75, 3.05) is 27.2 Å². The van der Waals surface area contributed by atoms with Crippen LogP contribution in [0.5, 0.6) is 0 Å². The Morgan fingerprint density at radius 2 is 0.929 bits per heavy atom. The van der Waals surface area contributed by atoms with Gasteiger partial charge in [-0.25, -0.2) is 0 Å². The minimum Gasteiger partial charge on any atom is -0.416 e. The van der Waals surface area contributed by atoms with E-state index >= 15 is 0 Å². The van der Waals surface area contributed by atoms with Gasteiger partial charge in [0.05, 0.1) is 0 Å². The molecule has 0 saturated heterocycles. The zero-order valence-electron chi connectivity index (χ0n) is 20.5. The molecule has 0 radical (unpaired) electrons. The highest BCUT2D eigenvalue weighted by atomic mass is 28.4. The van der Waals surface area contributed by atoms with E-state index in [1.54, 1.807) is 0 Å². The van der Waals surface area contributed by atoms with E-state index in [1.807, 2.05) is 0 Å². The van der Waals surface area contributed by atoms with Gasteiger partial charge < -0.3 is 9.33 Å². The largest absolute Gasteiger partial charge is 0.416 e. The second-order valence-electron chi connectivity index (χ2n) is 9.55. The van der Waals surface area contributed by atoms with Gasteiger partial charge in [0, 0.05) is 13.2 Å². The molecule has 0 aliphatic rings. The number of unbranched alkanes of at least 4 members (excludes halogenated alkanes) is 14. The van der Waals surface area contributed by atoms with Gasteiger partial charge in [0.1, 0.15) is 0 Å². The van der Waals surface area contributed by atoms with Crippen LogP contribution in [0.4, 0.5) is 0 Å². The fourth-order valence-corrected chi connectivity index (χ4v) is 7.13. The van der Waals surface area contributed by atoms with Gasteiger partial charge >= 0.3 is 0 Å². The quantitative estimate of drug-likeness (QED) is 0.130. The highest BCUT2D eigenvalue weighted by molar-refractivity contribution is 6.72. The second kappa shape index (κ2) is 20.4. The fourth-order valence-electron chi connectivity index (χ4n) is 4.01. The predicted octanol–water partition coefficient (Wildman–Crippen LogP) is 8.42. The van der Waals surface area contributed by atoms with Crippen molar-refractivity contribution >= 4 is 8.32 Å². The molecule has 2 nitrogen and oxygen atoms in total. The third-order valence-electron chi connectivity index (χ3n) is 6.11. The van der Waals surface area contributed by atoms with Crippen molar-refractivity contribution in [1.29, 1.82) is 0 Å². The van der Waals surface area contributed by atoms with Crippen molar-refractivity contribution in [3.05, 3.63) is 0 Å². The third-order valence-corrected chi connectivity index (χ3v) is 9.83. The second-order valence-corrected chi connectivity index (χ2v) is 13.7. The molecule has 0 aromatic heterocycles. The smallest absolute Gasteiger partial charge is 0.189 e. The van der Waals surface area contributed by atoms with Crippen molar-refractivity contribution in [3.8, 4) is 0 Å². The minimum absolute atomic E-state index is 0.934. The normalized spacial score (nSPS) is 12.2. The average molecular weight is 414 g/mol. The summed E-state index contributed by atoms with van der Waals surface area (Å²) in [5, 5.41) is 0. The molecule has 0 spiro atoms. The van der Waals surface area contributed by atoms with Gasteiger partial charge in [-0.3, -0.25) is 0 Å². The highest BCUT2D eigenvalue weighted by Crippen LogP contribution is 2.25. The Bertz CT molecular complexity index is 289. The predicted molar refractivity (Wildman–Crippen MR) is 131 cm³/mol. The molecule has 0 amide bonds. The van der Waals surface area contributed by atoms with Crippen molar-refractivity contribution in [1.82, 2.24) is 4.90 Å². The molecule has 0 aromatic rings. The first-order chi connectivity index (χ1) is 13.5. The molecule has 0 fully saturated rings. The number of hydrogen-bond acceptors (Lipinski definition) is 2. The lowest BCUT2D eigenvalue weighted by Crippen LogP contribution is -2.36. The summed E-state index contributed by atoms with van der Waals surface area (Å²) in [5.74, 6) is 0. The molecular formula is C25H55NOSi. The number of likely N-dealkylation sites (N-methyl/N-ethyl adjacent to an activating group) is 1. The van der Waals surface area contributed by atoms with Crippen LogP contribution in [0.3, 0.4) is 0 Å². The van der Waals surface area contributed by atoms with Crippen molar-refractivity contribution in [3.63, 3.8) is 0 Å². The molecule has 0 aromatic carbocycles. The molecule has 3 heteroatoms. The van der Waals surface area contributed by atoms with Crippen LogP contribution in [0.1, 0.15) is 117 Å². The van der Waals surface area contributed by atoms with Gasteiger partial charge in [-0.05, 0) is 32.7 Å². The van der Waals surface area contributed by atoms with Crippen molar-refractivity contribution in [2.45, 2.75) is 135 Å². The SMILES string of the molecule is CCCCCCCCCC[Si](C)(CCCCCCCCCC)OCCN(C)C. The van der Waals surface area contributed by atoms with Crippen LogP contribution in [0, 0.1) is 0 Å². The molecule has 0 heterocycles. The zero-order chi connectivity index (χ0) is 20.9. The Kier molecular flexibility index (Phi) is 20.5. The monoisotopic (exact) mass is 413 g/mol. The number of nitrogens with zero attached hydrogens (tertiary/aromatic N) is 1. The maximum absolute atomic E-state index is 6.56. The van der Waals surface area contributed by atoms with E-state index in [0.29, 0.717) is 0 Å². The van der Waals surface area contributed by atoms with E-state index < -0.39 is 8.32 Å². The molecule has 0 saturated carbocycles. The van der Waals surface area contributed by atoms with E-state index in [9.17, 15) is 0 Å². The molecule has 0 rings (SSSR count). The van der Waals surface area contributed by atoms with E-state index in [-0.39, 0.29) is 0 Å². The number of hydrogen-bond donors (Lipinski definition) is 0. The Labute approximate surface area is 180 Å². The van der Waals surface area contributed by atoms with E-state index in [4.69, 9.17) is 4.43 Å². The molecule has 170 valence electrons. The molecular weight excluding hydrogens is 358 g/mol. The summed E-state index contributed by atoms with van der Waals surface area (Å²) in [6, 6.07) is 2.76. The highest BCUT2D eigenvalue weighted by Gasteiger charge is 2.27. The molecule has 0 aliphatic heterocycles. The molecule has 0 atom stereocenters. The Morgan fingerprint density at radius 3 is 1.29 bits per heavy atom. The lowest BCUT2D eigenvalue weighted by Gasteiger charge is -2.28. The van der Waals surface area contributed by atoms with E-state index in [2.05, 4.69) is 39.4 Å². The maximum Gasteiger partial charge on any atom is 0.189 e. The number of rotatable bonds is 22. The van der Waals surface area contributed by atoms with Gasteiger partial charge in [-0.2, -0.15) is 0 Å². The fraction of sp³-hybridized carbons (Fsp3) is 1.00. The van der Waals surface area contributed by atoms with Gasteiger partial charge in [-0.1, -0.05) is 117 Å². The van der Waals surface area contributed by atoms with Crippen LogP contribution in [-0.2, 0) is 4.43 Å². The zero-order valence-corrected chi connectivity index (χ0v) is 21.5. The summed E-state index contributed by atoms with van der Waals surface area (Å²) in [5.41, 5.74) is 0. The standard InChI is InChI=1S/C25H55NOSi/c1-6-8-10-12-14-16-18-20-24-28(5,27-23-22-26(3)4)25-21-19-17-15-13-11-9-7-2/h6-25H2,1-5H3. The van der Waals surface area contributed by atoms with Crippen LogP contribution in [0.2, 0.25) is 18.6 Å². The van der Waals surface area contributed by atoms with Gasteiger partial charge in [0.25, 0.3) is 0 Å². The first-order valence-corrected chi connectivity index (χ1v) is 15.6. The topological polar surface area (TPSA) is 12.5 Å². The molecule has 0 N–H and O–H groups in total. The van der Waals surface area contributed by atoms with Crippen LogP contribution in [-0.4, -0.2) is 40.5 Å². The van der Waals surface area contributed by atoms with E-state index in [0.717, 1.165) is 13.2 Å². The van der Waals surface area contributed by atoms with Crippen LogP contribution in [0.25, 0.3) is 0 Å². The Morgan fingerprint density at radius 1 is 0.571 bits per heavy atom. The summed E-state index contributed by atoms with van der Waals surface area (Å²) in [6.45, 7) is 9.12. The summed E-state index contributed by atoms with van der Waals surface area (Å²) in [4.78, 5) is 2.25. The first kappa shape index (κ1) is 28.1. The Balaban J connectivity index is 3.97. The summed E-state index contributed by atoms with van der Waals surface area (Å²) in [7, 11) is 2.80. The summed E-state index contributed by atoms with van der Waals surface area (Å²) >= 11 is 0. The Hall–Kier alpha value is 0.137. The van der Waals surface area contributed by atoms with Crippen LogP contribution in [0.15, 0.2) is 0 Å². The molecule has 28 heavy (non-hydrogen) atoms. The van der Waals surface area contributed by atoms with Crippen LogP contribution < -0.4 is 0 Å². The summed E-state index contributed by atoms with van der Waals surface area (Å²) < 4.78 is 6.56. The first-order valence-electron chi connectivity index (χ1n) is 12.8. The van der Waals surface area contributed by atoms with Gasteiger partial charge in [0.2, 0.25) is 0 Å². The minimum atomic E-state index is -1.51. The van der Waals surface area contributed by atoms with Crippen molar-refractivity contribution in [2.24, 2.45) is 0 Å². The van der Waals surface area contributed by atoms with Crippen LogP contribution >= 0.6 is 0 Å². The lowest BCUT2D eigenvalue weighted by molar-refractivity contribution is 0.249. The molecule has 0 aliphatic carbocycles. The lowest BCUT2D eigenvalue weighted by atomic mass is 10.1. The average Bonchev–Trinajstić information content (AvgIpc) is 2.66. The van der Waals surface area contributed by atoms with Gasteiger partial charge in [0.15, 0.2) is 8.32 Å². The van der Waals surface area contributed by atoms with Crippen molar-refractivity contribution < 1.29 is 4.43 Å². The van der Waals surface area contributed by atoms with Gasteiger partial charge in [-0.15, -0.1) is 0 Å². The van der Waals surface area contributed by atoms with E-state index in [1.165, 1.54) is 115 Å². The molecule has 0 bridgehead atoms. The maximum atomic E-state index is 6.56. The summed E-state index contributed by atoms with van der Waals surface area (Å²) in [6.07, 6.45) is 22.7. The third kappa shape index (κ3) is 19.5.